The Morgan fingerprint density at radius 2 is 2.00 bits per heavy atom. The first-order chi connectivity index (χ1) is 9.67. The second-order valence-electron chi connectivity index (χ2n) is 4.19. The van der Waals surface area contributed by atoms with Gasteiger partial charge in [0.1, 0.15) is 5.82 Å². The summed E-state index contributed by atoms with van der Waals surface area (Å²) in [6.45, 7) is 4.48. The lowest BCUT2D eigenvalue weighted by molar-refractivity contribution is 0.730. The summed E-state index contributed by atoms with van der Waals surface area (Å²) < 4.78 is 0. The van der Waals surface area contributed by atoms with E-state index in [2.05, 4.69) is 32.9 Å². The summed E-state index contributed by atoms with van der Waals surface area (Å²) in [4.78, 5) is 8.27. The molecule has 0 aliphatic heterocycles. The van der Waals surface area contributed by atoms with Crippen molar-refractivity contribution in [1.82, 2.24) is 15.6 Å². The lowest BCUT2D eigenvalue weighted by atomic mass is 10.3. The molecule has 1 aromatic heterocycles. The van der Waals surface area contributed by atoms with Crippen LogP contribution in [-0.2, 0) is 0 Å². The molecular formula is C13H21Cl2N5. The van der Waals surface area contributed by atoms with E-state index in [9.17, 15) is 0 Å². The van der Waals surface area contributed by atoms with Crippen molar-refractivity contribution >= 4 is 35.0 Å². The lowest BCUT2D eigenvalue weighted by Crippen LogP contribution is -2.39. The zero-order valence-corrected chi connectivity index (χ0v) is 13.4. The van der Waals surface area contributed by atoms with Gasteiger partial charge in [0.05, 0.1) is 10.0 Å². The van der Waals surface area contributed by atoms with Gasteiger partial charge in [0, 0.05) is 32.9 Å². The maximum Gasteiger partial charge on any atom is 0.191 e. The van der Waals surface area contributed by atoms with Crippen LogP contribution < -0.4 is 16.0 Å². The van der Waals surface area contributed by atoms with Gasteiger partial charge in [-0.05, 0) is 12.5 Å². The number of pyridine rings is 1. The van der Waals surface area contributed by atoms with Crippen LogP contribution in [0.5, 0.6) is 0 Å². The molecule has 0 aliphatic rings. The van der Waals surface area contributed by atoms with Gasteiger partial charge in [0.2, 0.25) is 0 Å². The van der Waals surface area contributed by atoms with Crippen molar-refractivity contribution in [2.24, 2.45) is 4.99 Å². The van der Waals surface area contributed by atoms with E-state index < -0.39 is 0 Å². The molecule has 20 heavy (non-hydrogen) atoms. The number of halogens is 2. The highest BCUT2D eigenvalue weighted by molar-refractivity contribution is 6.35. The predicted molar refractivity (Wildman–Crippen MR) is 87.0 cm³/mol. The average molecular weight is 318 g/mol. The first-order valence-corrected chi connectivity index (χ1v) is 7.42. The van der Waals surface area contributed by atoms with Crippen LogP contribution in [0.3, 0.4) is 0 Å². The van der Waals surface area contributed by atoms with E-state index in [1.807, 2.05) is 0 Å². The maximum atomic E-state index is 6.02. The van der Waals surface area contributed by atoms with Gasteiger partial charge in [0.15, 0.2) is 5.96 Å². The van der Waals surface area contributed by atoms with Gasteiger partial charge in [-0.2, -0.15) is 0 Å². The van der Waals surface area contributed by atoms with Crippen molar-refractivity contribution in [3.8, 4) is 0 Å². The van der Waals surface area contributed by atoms with Gasteiger partial charge < -0.3 is 16.0 Å². The number of anilines is 1. The molecule has 1 aromatic rings. The summed E-state index contributed by atoms with van der Waals surface area (Å²) >= 11 is 11.8. The van der Waals surface area contributed by atoms with Crippen LogP contribution in [0.1, 0.15) is 19.8 Å². The molecule has 0 atom stereocenters. The van der Waals surface area contributed by atoms with Gasteiger partial charge in [-0.25, -0.2) is 4.98 Å². The third-order valence-electron chi connectivity index (χ3n) is 2.56. The number of hydrogen-bond acceptors (Lipinski definition) is 3. The molecule has 0 saturated carbocycles. The number of unbranched alkanes of at least 4 members (excludes halogenated alkanes) is 1. The van der Waals surface area contributed by atoms with E-state index in [4.69, 9.17) is 23.2 Å². The summed E-state index contributed by atoms with van der Waals surface area (Å²) in [6.07, 6.45) is 3.85. The minimum atomic E-state index is 0.517. The van der Waals surface area contributed by atoms with Crippen LogP contribution in [0, 0.1) is 0 Å². The van der Waals surface area contributed by atoms with Crippen molar-refractivity contribution in [2.45, 2.75) is 19.8 Å². The number of nitrogens with zero attached hydrogens (tertiary/aromatic N) is 2. The Kier molecular flexibility index (Phi) is 8.14. The molecule has 0 saturated heterocycles. The molecule has 112 valence electrons. The van der Waals surface area contributed by atoms with Crippen LogP contribution in [0.25, 0.3) is 0 Å². The second-order valence-corrected chi connectivity index (χ2v) is 5.03. The molecule has 5 nitrogen and oxygen atoms in total. The van der Waals surface area contributed by atoms with E-state index >= 15 is 0 Å². The third kappa shape index (κ3) is 6.30. The third-order valence-corrected chi connectivity index (χ3v) is 3.06. The lowest BCUT2D eigenvalue weighted by Gasteiger charge is -2.12. The summed E-state index contributed by atoms with van der Waals surface area (Å²) in [5, 5.41) is 10.6. The molecule has 0 spiro atoms. The van der Waals surface area contributed by atoms with Crippen molar-refractivity contribution in [2.75, 3.05) is 32.0 Å². The molecule has 1 heterocycles. The number of nitrogens with one attached hydrogen (secondary N) is 3. The zero-order chi connectivity index (χ0) is 14.8. The van der Waals surface area contributed by atoms with Crippen molar-refractivity contribution < 1.29 is 0 Å². The highest BCUT2D eigenvalue weighted by atomic mass is 35.5. The minimum Gasteiger partial charge on any atom is -0.367 e. The van der Waals surface area contributed by atoms with Gasteiger partial charge >= 0.3 is 0 Å². The standard InChI is InChI=1S/C13H21Cl2N5/c1-3-4-5-18-13(16-2)19-7-6-17-12-11(15)8-10(14)9-20-12/h8-9H,3-7H2,1-2H3,(H,17,20)(H2,16,18,19). The molecule has 7 heteroatoms. The first kappa shape index (κ1) is 16.9. The molecule has 0 aliphatic carbocycles. The smallest absolute Gasteiger partial charge is 0.191 e. The molecule has 0 aromatic carbocycles. The number of guanidine groups is 1. The van der Waals surface area contributed by atoms with E-state index in [1.54, 1.807) is 19.3 Å². The van der Waals surface area contributed by atoms with Gasteiger partial charge in [-0.3, -0.25) is 4.99 Å². The monoisotopic (exact) mass is 317 g/mol. The Hall–Kier alpha value is -1.20. The Balaban J connectivity index is 2.26. The van der Waals surface area contributed by atoms with Crippen LogP contribution in [0.2, 0.25) is 10.0 Å². The molecule has 0 radical (unpaired) electrons. The summed E-state index contributed by atoms with van der Waals surface area (Å²) in [5.74, 6) is 1.43. The highest BCUT2D eigenvalue weighted by Gasteiger charge is 2.02. The molecule has 1 rings (SSSR count). The van der Waals surface area contributed by atoms with Crippen molar-refractivity contribution in [3.05, 3.63) is 22.3 Å². The largest absolute Gasteiger partial charge is 0.367 e. The number of aliphatic imine (C=N–C) groups is 1. The normalized spacial score (nSPS) is 11.3. The number of hydrogen-bond donors (Lipinski definition) is 3. The molecule has 3 N–H and O–H groups in total. The number of aromatic nitrogens is 1. The van der Waals surface area contributed by atoms with Gasteiger partial charge in [0.25, 0.3) is 0 Å². The Bertz CT molecular complexity index is 437. The van der Waals surface area contributed by atoms with Crippen molar-refractivity contribution in [3.63, 3.8) is 0 Å². The number of rotatable bonds is 7. The molecular weight excluding hydrogens is 297 g/mol. The Morgan fingerprint density at radius 1 is 1.25 bits per heavy atom. The van der Waals surface area contributed by atoms with Crippen LogP contribution >= 0.6 is 23.2 Å². The van der Waals surface area contributed by atoms with Crippen LogP contribution in [0.4, 0.5) is 5.82 Å². The summed E-state index contributed by atoms with van der Waals surface area (Å²) in [5.41, 5.74) is 0. The fourth-order valence-corrected chi connectivity index (χ4v) is 1.96. The SMILES string of the molecule is CCCCNC(=NC)NCCNc1ncc(Cl)cc1Cl. The fraction of sp³-hybridized carbons (Fsp3) is 0.538. The summed E-state index contributed by atoms with van der Waals surface area (Å²) in [7, 11) is 1.76. The second kappa shape index (κ2) is 9.66. The zero-order valence-electron chi connectivity index (χ0n) is 11.8. The van der Waals surface area contributed by atoms with E-state index in [-0.39, 0.29) is 0 Å². The van der Waals surface area contributed by atoms with Crippen LogP contribution in [-0.4, -0.2) is 37.6 Å². The van der Waals surface area contributed by atoms with E-state index in [1.165, 1.54) is 0 Å². The molecule has 0 bridgehead atoms. The topological polar surface area (TPSA) is 61.3 Å². The molecule has 0 amide bonds. The van der Waals surface area contributed by atoms with Crippen LogP contribution in [0.15, 0.2) is 17.3 Å². The quantitative estimate of drug-likeness (QED) is 0.411. The van der Waals surface area contributed by atoms with E-state index in [0.29, 0.717) is 29.0 Å². The Labute approximate surface area is 130 Å². The van der Waals surface area contributed by atoms with Gasteiger partial charge in [-0.1, -0.05) is 36.5 Å². The predicted octanol–water partition coefficient (Wildman–Crippen LogP) is 2.77. The fourth-order valence-electron chi connectivity index (χ4n) is 1.51. The first-order valence-electron chi connectivity index (χ1n) is 6.66. The molecule has 0 unspecified atom stereocenters. The highest BCUT2D eigenvalue weighted by Crippen LogP contribution is 2.21. The maximum absolute atomic E-state index is 6.02. The van der Waals surface area contributed by atoms with E-state index in [0.717, 1.165) is 25.3 Å². The Morgan fingerprint density at radius 3 is 2.65 bits per heavy atom. The summed E-state index contributed by atoms with van der Waals surface area (Å²) in [6, 6.07) is 1.66. The van der Waals surface area contributed by atoms with Gasteiger partial charge in [-0.15, -0.1) is 0 Å². The minimum absolute atomic E-state index is 0.517. The average Bonchev–Trinajstić information content (AvgIpc) is 2.43. The molecule has 0 fully saturated rings. The van der Waals surface area contributed by atoms with Crippen molar-refractivity contribution in [1.29, 1.82) is 0 Å².